The average Bonchev–Trinajstić information content (AvgIpc) is 2.40. The van der Waals surface area contributed by atoms with Gasteiger partial charge < -0.3 is 9.47 Å². The lowest BCUT2D eigenvalue weighted by molar-refractivity contribution is 0.124. The third-order valence-electron chi connectivity index (χ3n) is 2.69. The number of hydrogen-bond donors (Lipinski definition) is 2. The van der Waals surface area contributed by atoms with Gasteiger partial charge in [0.15, 0.2) is 11.6 Å². The van der Waals surface area contributed by atoms with E-state index in [1.54, 1.807) is 18.2 Å². The van der Waals surface area contributed by atoms with E-state index >= 15 is 0 Å². The fraction of sp³-hybridized carbons (Fsp3) is 0.538. The van der Waals surface area contributed by atoms with Crippen molar-refractivity contribution >= 4 is 0 Å². The van der Waals surface area contributed by atoms with Crippen LogP contribution in [0.2, 0.25) is 0 Å². The number of ether oxygens (including phenoxy) is 2. The topological polar surface area (TPSA) is 56.5 Å². The van der Waals surface area contributed by atoms with Gasteiger partial charge in [0.25, 0.3) is 0 Å². The van der Waals surface area contributed by atoms with Crippen LogP contribution in [-0.2, 0) is 4.74 Å². The molecule has 102 valence electrons. The van der Waals surface area contributed by atoms with Gasteiger partial charge in [0, 0.05) is 18.8 Å². The highest BCUT2D eigenvalue weighted by Gasteiger charge is 2.17. The van der Waals surface area contributed by atoms with Gasteiger partial charge in [0.2, 0.25) is 0 Å². The van der Waals surface area contributed by atoms with E-state index in [1.165, 1.54) is 7.11 Å². The van der Waals surface area contributed by atoms with Crippen LogP contribution in [-0.4, -0.2) is 20.3 Å². The molecule has 0 aromatic heterocycles. The molecule has 0 bridgehead atoms. The molecule has 4 nitrogen and oxygen atoms in total. The number of halogens is 1. The van der Waals surface area contributed by atoms with Crippen LogP contribution in [0.1, 0.15) is 31.4 Å². The maximum Gasteiger partial charge on any atom is 0.169 e. The second-order valence-corrected chi connectivity index (χ2v) is 3.98. The molecule has 0 saturated carbocycles. The van der Waals surface area contributed by atoms with Crippen molar-refractivity contribution in [2.24, 2.45) is 5.84 Å². The van der Waals surface area contributed by atoms with Crippen molar-refractivity contribution < 1.29 is 13.9 Å². The third-order valence-corrected chi connectivity index (χ3v) is 2.69. The molecule has 3 N–H and O–H groups in total. The Labute approximate surface area is 107 Å². The molecule has 0 spiro atoms. The second-order valence-electron chi connectivity index (χ2n) is 3.98. The van der Waals surface area contributed by atoms with Gasteiger partial charge in [0.1, 0.15) is 0 Å². The summed E-state index contributed by atoms with van der Waals surface area (Å²) in [5, 5.41) is 0. The molecule has 5 heteroatoms. The molecule has 0 fully saturated rings. The highest BCUT2D eigenvalue weighted by Crippen LogP contribution is 2.26. The lowest BCUT2D eigenvalue weighted by Crippen LogP contribution is -2.29. The first kappa shape index (κ1) is 14.9. The van der Waals surface area contributed by atoms with Gasteiger partial charge in [-0.25, -0.2) is 4.39 Å². The van der Waals surface area contributed by atoms with Gasteiger partial charge in [-0.2, -0.15) is 0 Å². The number of hydrogen-bond acceptors (Lipinski definition) is 4. The van der Waals surface area contributed by atoms with E-state index in [2.05, 4.69) is 5.43 Å². The molecule has 0 aliphatic rings. The van der Waals surface area contributed by atoms with Gasteiger partial charge in [-0.1, -0.05) is 19.1 Å². The van der Waals surface area contributed by atoms with Gasteiger partial charge in [0.05, 0.1) is 13.2 Å². The average molecular weight is 256 g/mol. The largest absolute Gasteiger partial charge is 0.494 e. The fourth-order valence-corrected chi connectivity index (χ4v) is 1.73. The molecular formula is C13H21FN2O2. The van der Waals surface area contributed by atoms with Crippen LogP contribution in [0.3, 0.4) is 0 Å². The number of methoxy groups -OCH3 is 1. The van der Waals surface area contributed by atoms with Crippen molar-refractivity contribution in [2.45, 2.75) is 25.8 Å². The summed E-state index contributed by atoms with van der Waals surface area (Å²) in [6, 6.07) is 4.74. The smallest absolute Gasteiger partial charge is 0.169 e. The summed E-state index contributed by atoms with van der Waals surface area (Å²) in [5.74, 6) is 5.31. The second kappa shape index (κ2) is 8.02. The van der Waals surface area contributed by atoms with Gasteiger partial charge in [-0.05, 0) is 18.9 Å². The number of benzene rings is 1. The highest BCUT2D eigenvalue weighted by molar-refractivity contribution is 5.32. The minimum atomic E-state index is -0.376. The molecule has 1 aromatic rings. The Bertz CT molecular complexity index is 361. The molecule has 1 aromatic carbocycles. The van der Waals surface area contributed by atoms with Gasteiger partial charge in [-0.15, -0.1) is 0 Å². The Morgan fingerprint density at radius 1 is 1.39 bits per heavy atom. The molecular weight excluding hydrogens is 235 g/mol. The van der Waals surface area contributed by atoms with Crippen LogP contribution in [0.15, 0.2) is 18.2 Å². The maximum atomic E-state index is 14.0. The molecule has 0 heterocycles. The Morgan fingerprint density at radius 3 is 2.78 bits per heavy atom. The van der Waals surface area contributed by atoms with Crippen molar-refractivity contribution in [3.05, 3.63) is 29.6 Å². The van der Waals surface area contributed by atoms with Crippen LogP contribution in [0.25, 0.3) is 0 Å². The van der Waals surface area contributed by atoms with Gasteiger partial charge in [-0.3, -0.25) is 11.3 Å². The molecule has 1 rings (SSSR count). The first-order valence-electron chi connectivity index (χ1n) is 6.10. The quantitative estimate of drug-likeness (QED) is 0.425. The molecule has 0 amide bonds. The third kappa shape index (κ3) is 3.94. The van der Waals surface area contributed by atoms with Crippen molar-refractivity contribution in [1.82, 2.24) is 5.43 Å². The van der Waals surface area contributed by atoms with E-state index in [0.29, 0.717) is 25.2 Å². The Morgan fingerprint density at radius 2 is 2.17 bits per heavy atom. The molecule has 1 unspecified atom stereocenters. The summed E-state index contributed by atoms with van der Waals surface area (Å²) in [6.45, 7) is 3.29. The van der Waals surface area contributed by atoms with Crippen molar-refractivity contribution in [3.8, 4) is 5.75 Å². The van der Waals surface area contributed by atoms with Crippen molar-refractivity contribution in [2.75, 3.05) is 20.3 Å². The van der Waals surface area contributed by atoms with Crippen molar-refractivity contribution in [1.29, 1.82) is 0 Å². The molecule has 1 atom stereocenters. The molecule has 0 aliphatic heterocycles. The summed E-state index contributed by atoms with van der Waals surface area (Å²) in [4.78, 5) is 0. The molecule has 0 aliphatic carbocycles. The monoisotopic (exact) mass is 256 g/mol. The Balaban J connectivity index is 2.69. The SMILES string of the molecule is CCCOCCC(NN)c1cccc(OC)c1F. The molecule has 18 heavy (non-hydrogen) atoms. The summed E-state index contributed by atoms with van der Waals surface area (Å²) >= 11 is 0. The zero-order valence-electron chi connectivity index (χ0n) is 10.9. The van der Waals surface area contributed by atoms with Crippen molar-refractivity contribution in [3.63, 3.8) is 0 Å². The van der Waals surface area contributed by atoms with E-state index < -0.39 is 0 Å². The van der Waals surface area contributed by atoms with E-state index in [0.717, 1.165) is 6.42 Å². The number of hydrazine groups is 1. The standard InChI is InChI=1S/C13H21FN2O2/c1-3-8-18-9-7-11(16-15)10-5-4-6-12(17-2)13(10)14/h4-6,11,16H,3,7-9,15H2,1-2H3. The Hall–Kier alpha value is -1.17. The zero-order chi connectivity index (χ0) is 13.4. The highest BCUT2D eigenvalue weighted by atomic mass is 19.1. The minimum Gasteiger partial charge on any atom is -0.494 e. The van der Waals surface area contributed by atoms with Crippen LogP contribution in [0.4, 0.5) is 4.39 Å². The van der Waals surface area contributed by atoms with E-state index in [1.807, 2.05) is 6.92 Å². The normalized spacial score (nSPS) is 12.4. The lowest BCUT2D eigenvalue weighted by Gasteiger charge is -2.18. The molecule has 0 saturated heterocycles. The zero-order valence-corrected chi connectivity index (χ0v) is 10.9. The summed E-state index contributed by atoms with van der Waals surface area (Å²) in [5.41, 5.74) is 3.11. The number of nitrogens with one attached hydrogen (secondary N) is 1. The minimum absolute atomic E-state index is 0.224. The summed E-state index contributed by atoms with van der Waals surface area (Å²) in [7, 11) is 1.44. The van der Waals surface area contributed by atoms with Gasteiger partial charge >= 0.3 is 0 Å². The first-order chi connectivity index (χ1) is 8.74. The fourth-order valence-electron chi connectivity index (χ4n) is 1.73. The number of nitrogens with two attached hydrogens (primary N) is 1. The summed E-state index contributed by atoms with van der Waals surface area (Å²) in [6.07, 6.45) is 1.58. The Kier molecular flexibility index (Phi) is 6.64. The predicted octanol–water partition coefficient (Wildman–Crippen LogP) is 2.16. The molecule has 0 radical (unpaired) electrons. The van der Waals surface area contributed by atoms with E-state index in [-0.39, 0.29) is 17.6 Å². The van der Waals surface area contributed by atoms with E-state index in [4.69, 9.17) is 15.3 Å². The predicted molar refractivity (Wildman–Crippen MR) is 68.7 cm³/mol. The maximum absolute atomic E-state index is 14.0. The summed E-state index contributed by atoms with van der Waals surface area (Å²) < 4.78 is 24.4. The van der Waals surface area contributed by atoms with Crippen LogP contribution in [0, 0.1) is 5.82 Å². The first-order valence-corrected chi connectivity index (χ1v) is 6.10. The van der Waals surface area contributed by atoms with Crippen LogP contribution in [0.5, 0.6) is 5.75 Å². The van der Waals surface area contributed by atoms with Crippen LogP contribution < -0.4 is 16.0 Å². The number of rotatable bonds is 8. The lowest BCUT2D eigenvalue weighted by atomic mass is 10.0. The van der Waals surface area contributed by atoms with E-state index in [9.17, 15) is 4.39 Å². The van der Waals surface area contributed by atoms with Crippen LogP contribution >= 0.6 is 0 Å².